The van der Waals surface area contributed by atoms with Crippen LogP contribution in [0.3, 0.4) is 0 Å². The molecule has 2 aromatic carbocycles. The molecule has 43 heavy (non-hydrogen) atoms. The van der Waals surface area contributed by atoms with Gasteiger partial charge in [-0.2, -0.15) is 0 Å². The monoisotopic (exact) mass is 593 g/mol. The van der Waals surface area contributed by atoms with Crippen molar-refractivity contribution in [3.63, 3.8) is 0 Å². The number of carboxylic acid groups (broad SMARTS) is 2. The van der Waals surface area contributed by atoms with Gasteiger partial charge in [-0.3, -0.25) is 9.78 Å². The number of hydrogen-bond donors (Lipinski definition) is 3. The molecule has 0 fully saturated rings. The highest BCUT2D eigenvalue weighted by atomic mass is 16.5. The molecule has 1 unspecified atom stereocenters. The molecule has 2 heterocycles. The van der Waals surface area contributed by atoms with E-state index in [1.807, 2.05) is 55.6 Å². The molecule has 0 saturated heterocycles. The largest absolute Gasteiger partial charge is 0.493 e. The molecule has 228 valence electrons. The lowest BCUT2D eigenvalue weighted by atomic mass is 10.1. The first-order chi connectivity index (χ1) is 20.5. The maximum atomic E-state index is 12.7. The van der Waals surface area contributed by atoms with Gasteiger partial charge >= 0.3 is 11.9 Å². The summed E-state index contributed by atoms with van der Waals surface area (Å²) < 4.78 is 18.1. The molecule has 2 aromatic heterocycles. The molecule has 0 amide bonds. The molecule has 0 saturated carbocycles. The highest BCUT2D eigenvalue weighted by Gasteiger charge is 2.12. The summed E-state index contributed by atoms with van der Waals surface area (Å²) in [4.78, 5) is 37.3. The number of aliphatic hydroxyl groups excluding tert-OH is 1. The van der Waals surface area contributed by atoms with Crippen molar-refractivity contribution >= 4 is 22.8 Å². The molecule has 4 aromatic rings. The summed E-state index contributed by atoms with van der Waals surface area (Å²) in [5, 5.41) is 25.9. The van der Waals surface area contributed by atoms with Gasteiger partial charge in [-0.15, -0.1) is 0 Å². The van der Waals surface area contributed by atoms with Crippen LogP contribution in [0.5, 0.6) is 17.2 Å². The van der Waals surface area contributed by atoms with Crippen LogP contribution < -0.4 is 19.8 Å². The Labute approximate surface area is 248 Å². The van der Waals surface area contributed by atoms with Crippen LogP contribution >= 0.6 is 0 Å². The SMILES string of the molecule is COc1ccc(CCN(C)CC(O)COc2ccc(-c3cc4ncccc4c(=O)n3C)cc2)cc1OC.O=C(O)C(=O)O. The Morgan fingerprint density at radius 1 is 0.977 bits per heavy atom. The number of nitrogens with zero attached hydrogens (tertiary/aromatic N) is 3. The Morgan fingerprint density at radius 2 is 1.65 bits per heavy atom. The number of likely N-dealkylation sites (N-methyl/N-ethyl adjacent to an activating group) is 1. The van der Waals surface area contributed by atoms with Gasteiger partial charge in [-0.05, 0) is 79.2 Å². The second-order valence-electron chi connectivity index (χ2n) is 9.63. The molecule has 4 rings (SSSR count). The highest BCUT2D eigenvalue weighted by Crippen LogP contribution is 2.28. The van der Waals surface area contributed by atoms with Gasteiger partial charge < -0.3 is 39.0 Å². The second-order valence-corrected chi connectivity index (χ2v) is 9.63. The first-order valence-corrected chi connectivity index (χ1v) is 13.3. The van der Waals surface area contributed by atoms with Crippen LogP contribution in [0, 0.1) is 0 Å². The molecule has 12 nitrogen and oxygen atoms in total. The quantitative estimate of drug-likeness (QED) is 0.219. The molecule has 0 bridgehead atoms. The summed E-state index contributed by atoms with van der Waals surface area (Å²) >= 11 is 0. The average Bonchev–Trinajstić information content (AvgIpc) is 3.01. The van der Waals surface area contributed by atoms with E-state index in [0.717, 1.165) is 29.8 Å². The lowest BCUT2D eigenvalue weighted by Crippen LogP contribution is -2.34. The molecular formula is C31H35N3O9. The number of carbonyl (C=O) groups is 2. The van der Waals surface area contributed by atoms with E-state index in [-0.39, 0.29) is 12.2 Å². The van der Waals surface area contributed by atoms with Gasteiger partial charge in [-0.25, -0.2) is 9.59 Å². The zero-order chi connectivity index (χ0) is 31.5. The summed E-state index contributed by atoms with van der Waals surface area (Å²) in [5.41, 5.74) is 3.38. The molecule has 12 heteroatoms. The minimum atomic E-state index is -1.82. The van der Waals surface area contributed by atoms with E-state index in [0.29, 0.717) is 34.7 Å². The maximum absolute atomic E-state index is 12.7. The zero-order valence-corrected chi connectivity index (χ0v) is 24.4. The first-order valence-electron chi connectivity index (χ1n) is 13.3. The minimum absolute atomic E-state index is 0.0840. The minimum Gasteiger partial charge on any atom is -0.493 e. The predicted octanol–water partition coefficient (Wildman–Crippen LogP) is 2.69. The number of aliphatic hydroxyl groups is 1. The van der Waals surface area contributed by atoms with Gasteiger partial charge in [0.2, 0.25) is 0 Å². The van der Waals surface area contributed by atoms with Crippen molar-refractivity contribution in [3.8, 4) is 28.5 Å². The maximum Gasteiger partial charge on any atom is 0.414 e. The average molecular weight is 594 g/mol. The number of benzene rings is 2. The van der Waals surface area contributed by atoms with E-state index < -0.39 is 18.0 Å². The van der Waals surface area contributed by atoms with Crippen LogP contribution in [0.1, 0.15) is 5.56 Å². The van der Waals surface area contributed by atoms with Crippen LogP contribution in [-0.4, -0.2) is 88.8 Å². The Hall–Kier alpha value is -4.94. The normalized spacial score (nSPS) is 11.4. The number of pyridine rings is 2. The van der Waals surface area contributed by atoms with E-state index in [2.05, 4.69) is 9.88 Å². The molecule has 1 atom stereocenters. The number of fused-ring (bicyclic) bond motifs is 1. The van der Waals surface area contributed by atoms with E-state index in [1.54, 1.807) is 44.2 Å². The molecule has 0 aliphatic carbocycles. The van der Waals surface area contributed by atoms with Gasteiger partial charge in [0.25, 0.3) is 5.56 Å². The van der Waals surface area contributed by atoms with Crippen molar-refractivity contribution in [3.05, 3.63) is 82.8 Å². The van der Waals surface area contributed by atoms with Crippen molar-refractivity contribution in [1.29, 1.82) is 0 Å². The number of carboxylic acids is 2. The number of hydrogen-bond acceptors (Lipinski definition) is 9. The molecule has 0 aliphatic rings. The Balaban J connectivity index is 0.000000765. The van der Waals surface area contributed by atoms with Crippen LogP contribution in [0.4, 0.5) is 0 Å². The third-order valence-electron chi connectivity index (χ3n) is 6.54. The van der Waals surface area contributed by atoms with E-state index in [1.165, 1.54) is 0 Å². The Kier molecular flexibility index (Phi) is 11.6. The Morgan fingerprint density at radius 3 is 2.28 bits per heavy atom. The number of methoxy groups -OCH3 is 2. The fourth-order valence-electron chi connectivity index (χ4n) is 4.28. The first kappa shape index (κ1) is 32.6. The second kappa shape index (κ2) is 15.3. The molecule has 0 radical (unpaired) electrons. The summed E-state index contributed by atoms with van der Waals surface area (Å²) in [7, 11) is 6.98. The number of ether oxygens (including phenoxy) is 3. The van der Waals surface area contributed by atoms with Gasteiger partial charge in [0.1, 0.15) is 18.5 Å². The standard InChI is InChI=1S/C29H33N3O5.C2H2O4/c1-31(15-13-20-7-12-27(35-3)28(16-20)36-4)18-22(33)19-37-23-10-8-21(9-11-23)26-17-25-24(6-5-14-30-25)29(34)32(26)2;3-1(4)2(5)6/h5-12,14,16-17,22,33H,13,15,18-19H2,1-4H3;(H,3,4)(H,5,6). The van der Waals surface area contributed by atoms with E-state index >= 15 is 0 Å². The summed E-state index contributed by atoms with van der Waals surface area (Å²) in [6.07, 6.45) is 1.86. The van der Waals surface area contributed by atoms with Crippen molar-refractivity contribution in [2.45, 2.75) is 12.5 Å². The van der Waals surface area contributed by atoms with Gasteiger partial charge in [0, 0.05) is 26.3 Å². The zero-order valence-electron chi connectivity index (χ0n) is 24.4. The Bertz CT molecular complexity index is 1590. The smallest absolute Gasteiger partial charge is 0.414 e. The van der Waals surface area contributed by atoms with Crippen LogP contribution in [0.15, 0.2) is 71.7 Å². The summed E-state index contributed by atoms with van der Waals surface area (Å²) in [5.74, 6) is -1.58. The van der Waals surface area contributed by atoms with Gasteiger partial charge in [0.05, 0.1) is 30.8 Å². The van der Waals surface area contributed by atoms with Crippen LogP contribution in [0.25, 0.3) is 22.2 Å². The number of aliphatic carboxylic acids is 2. The van der Waals surface area contributed by atoms with E-state index in [4.69, 9.17) is 34.0 Å². The van der Waals surface area contributed by atoms with Crippen LogP contribution in [-0.2, 0) is 23.1 Å². The summed E-state index contributed by atoms with van der Waals surface area (Å²) in [6, 6.07) is 18.8. The van der Waals surface area contributed by atoms with Crippen LogP contribution in [0.2, 0.25) is 0 Å². The number of aromatic nitrogens is 2. The fourth-order valence-corrected chi connectivity index (χ4v) is 4.28. The lowest BCUT2D eigenvalue weighted by Gasteiger charge is -2.21. The van der Waals surface area contributed by atoms with E-state index in [9.17, 15) is 9.90 Å². The topological polar surface area (TPSA) is 161 Å². The fraction of sp³-hybridized carbons (Fsp3) is 0.290. The number of rotatable bonds is 11. The third kappa shape index (κ3) is 9.02. The van der Waals surface area contributed by atoms with Crippen molar-refractivity contribution in [1.82, 2.24) is 14.5 Å². The summed E-state index contributed by atoms with van der Waals surface area (Å²) in [6.45, 7) is 1.44. The molecule has 3 N–H and O–H groups in total. The van der Waals surface area contributed by atoms with Crippen molar-refractivity contribution in [2.75, 3.05) is 41.0 Å². The predicted molar refractivity (Wildman–Crippen MR) is 160 cm³/mol. The molecule has 0 aliphatic heterocycles. The lowest BCUT2D eigenvalue weighted by molar-refractivity contribution is -0.159. The molecular weight excluding hydrogens is 558 g/mol. The molecule has 0 spiro atoms. The van der Waals surface area contributed by atoms with Gasteiger partial charge in [0.15, 0.2) is 11.5 Å². The highest BCUT2D eigenvalue weighted by molar-refractivity contribution is 6.27. The van der Waals surface area contributed by atoms with Crippen molar-refractivity contribution in [2.24, 2.45) is 7.05 Å². The van der Waals surface area contributed by atoms with Crippen molar-refractivity contribution < 1.29 is 39.1 Å². The third-order valence-corrected chi connectivity index (χ3v) is 6.54. The van der Waals surface area contributed by atoms with Gasteiger partial charge in [-0.1, -0.05) is 6.07 Å².